The first-order valence-corrected chi connectivity index (χ1v) is 5.11. The van der Waals surface area contributed by atoms with Gasteiger partial charge in [0.2, 0.25) is 0 Å². The van der Waals surface area contributed by atoms with E-state index in [1.807, 2.05) is 0 Å². The van der Waals surface area contributed by atoms with Gasteiger partial charge in [-0.05, 0) is 0 Å². The maximum atomic E-state index is 10.9. The highest BCUT2D eigenvalue weighted by Gasteiger charge is 2.22. The van der Waals surface area contributed by atoms with E-state index >= 15 is 0 Å². The molecule has 7 nitrogen and oxygen atoms in total. The maximum absolute atomic E-state index is 10.9. The maximum Gasteiger partial charge on any atom is 0.265 e. The molecule has 0 aromatic heterocycles. The van der Waals surface area contributed by atoms with Gasteiger partial charge in [-0.25, -0.2) is 0 Å². The van der Waals surface area contributed by atoms with Crippen molar-refractivity contribution in [2.24, 2.45) is 0 Å². The molecule has 0 bridgehead atoms. The van der Waals surface area contributed by atoms with Gasteiger partial charge in [-0.2, -0.15) is 0 Å². The Morgan fingerprint density at radius 2 is 1.93 bits per heavy atom. The van der Waals surface area contributed by atoms with Crippen molar-refractivity contribution in [3.8, 4) is 0 Å². The molecule has 2 amide bonds. The molecule has 0 aliphatic carbocycles. The smallest absolute Gasteiger partial charge is 0.265 e. The largest absolute Gasteiger partial charge is 0.756 e. The van der Waals surface area contributed by atoms with E-state index < -0.39 is 26.2 Å². The van der Waals surface area contributed by atoms with E-state index in [4.69, 9.17) is 4.89 Å². The number of rotatable bonds is 4. The predicted molar refractivity (Wildman–Crippen MR) is 41.6 cm³/mol. The zero-order valence-corrected chi connectivity index (χ0v) is 7.85. The minimum absolute atomic E-state index is 0.211. The van der Waals surface area contributed by atoms with Gasteiger partial charge in [0.25, 0.3) is 19.6 Å². The van der Waals surface area contributed by atoms with E-state index in [0.717, 1.165) is 17.1 Å². The Balaban J connectivity index is 2.36. The highest BCUT2D eigenvalue weighted by Crippen LogP contribution is 2.29. The van der Waals surface area contributed by atoms with E-state index in [-0.39, 0.29) is 6.54 Å². The van der Waals surface area contributed by atoms with Crippen LogP contribution in [0.1, 0.15) is 0 Å². The van der Waals surface area contributed by atoms with Crippen LogP contribution in [0, 0.1) is 0 Å². The van der Waals surface area contributed by atoms with Crippen molar-refractivity contribution in [3.05, 3.63) is 12.2 Å². The van der Waals surface area contributed by atoms with Gasteiger partial charge in [0.05, 0.1) is 13.2 Å². The van der Waals surface area contributed by atoms with Crippen molar-refractivity contribution in [3.63, 3.8) is 0 Å². The lowest BCUT2D eigenvalue weighted by Crippen LogP contribution is -2.33. The molecule has 0 fully saturated rings. The minimum atomic E-state index is -4.78. The molecule has 0 radical (unpaired) electrons. The third kappa shape index (κ3) is 3.04. The molecule has 1 rings (SSSR count). The van der Waals surface area contributed by atoms with Crippen molar-refractivity contribution in [1.29, 1.82) is 0 Å². The number of carbonyl (C=O) groups is 2. The molecule has 0 saturated carbocycles. The molecule has 1 N–H and O–H groups in total. The summed E-state index contributed by atoms with van der Waals surface area (Å²) in [7, 11) is -4.78. The van der Waals surface area contributed by atoms with Crippen LogP contribution in [0.25, 0.3) is 0 Å². The number of hydrogen-bond donors (Lipinski definition) is 1. The van der Waals surface area contributed by atoms with Gasteiger partial charge >= 0.3 is 0 Å². The van der Waals surface area contributed by atoms with Crippen LogP contribution in [-0.4, -0.2) is 34.8 Å². The molecule has 78 valence electrons. The van der Waals surface area contributed by atoms with Gasteiger partial charge in [-0.15, -0.1) is 0 Å². The van der Waals surface area contributed by atoms with Gasteiger partial charge < -0.3 is 14.3 Å². The topological polar surface area (TPSA) is 107 Å². The summed E-state index contributed by atoms with van der Waals surface area (Å²) in [6.07, 6.45) is 2.14. The van der Waals surface area contributed by atoms with Crippen molar-refractivity contribution in [2.45, 2.75) is 0 Å². The normalized spacial score (nSPS) is 20.3. The fourth-order valence-electron chi connectivity index (χ4n) is 0.899. The summed E-state index contributed by atoms with van der Waals surface area (Å²) in [6, 6.07) is 0. The fourth-order valence-corrected chi connectivity index (χ4v) is 1.21. The van der Waals surface area contributed by atoms with Gasteiger partial charge in [0, 0.05) is 12.2 Å². The summed E-state index contributed by atoms with van der Waals surface area (Å²) >= 11 is 0. The van der Waals surface area contributed by atoms with E-state index in [0.29, 0.717) is 0 Å². The lowest BCUT2D eigenvalue weighted by Gasteiger charge is -2.18. The average Bonchev–Trinajstić information content (AvgIpc) is 2.33. The first-order chi connectivity index (χ1) is 6.40. The molecule has 1 atom stereocenters. The number of phosphoric acid groups is 1. The van der Waals surface area contributed by atoms with Crippen LogP contribution >= 0.6 is 7.82 Å². The average molecular weight is 220 g/mol. The lowest BCUT2D eigenvalue weighted by molar-refractivity contribution is -0.220. The van der Waals surface area contributed by atoms with Gasteiger partial charge in [-0.3, -0.25) is 19.1 Å². The van der Waals surface area contributed by atoms with Crippen LogP contribution in [0.4, 0.5) is 0 Å². The van der Waals surface area contributed by atoms with Crippen molar-refractivity contribution < 1.29 is 28.5 Å². The standard InChI is InChI=1S/C6H8NO6P/c8-5-1-2-6(9)7(5)3-4-13-14(10,11)12/h1-2H,3-4H2,(H2,10,11,12)/p-1. The highest BCUT2D eigenvalue weighted by atomic mass is 31.2. The van der Waals surface area contributed by atoms with Crippen molar-refractivity contribution in [2.75, 3.05) is 13.2 Å². The molecule has 1 aliphatic heterocycles. The molecular weight excluding hydrogens is 213 g/mol. The van der Waals surface area contributed by atoms with E-state index in [9.17, 15) is 19.0 Å². The monoisotopic (exact) mass is 220 g/mol. The number of phosphoric ester groups is 1. The summed E-state index contributed by atoms with van der Waals surface area (Å²) in [6.45, 7) is -0.659. The van der Waals surface area contributed by atoms with Crippen LogP contribution < -0.4 is 4.89 Å². The molecule has 1 unspecified atom stereocenters. The number of hydrogen-bond acceptors (Lipinski definition) is 5. The fraction of sp³-hybridized carbons (Fsp3) is 0.333. The molecular formula is C6H7NO6P-. The zero-order chi connectivity index (χ0) is 10.8. The Labute approximate surface area is 79.2 Å². The first-order valence-electron chi connectivity index (χ1n) is 3.62. The lowest BCUT2D eigenvalue weighted by atomic mass is 10.5. The molecule has 14 heavy (non-hydrogen) atoms. The second-order valence-electron chi connectivity index (χ2n) is 2.46. The first kappa shape index (κ1) is 11.1. The number of imide groups is 1. The molecule has 0 aromatic rings. The SMILES string of the molecule is O=C1C=CC(=O)N1CCOP(=O)([O-])O. The van der Waals surface area contributed by atoms with Gasteiger partial charge in [0.15, 0.2) is 0 Å². The van der Waals surface area contributed by atoms with Gasteiger partial charge in [-0.1, -0.05) is 0 Å². The quantitative estimate of drug-likeness (QED) is 0.451. The highest BCUT2D eigenvalue weighted by molar-refractivity contribution is 7.44. The van der Waals surface area contributed by atoms with Crippen LogP contribution in [0.3, 0.4) is 0 Å². The number of carbonyl (C=O) groups excluding carboxylic acids is 2. The Hall–Kier alpha value is -1.01. The number of nitrogens with zero attached hydrogens (tertiary/aromatic N) is 1. The van der Waals surface area contributed by atoms with Crippen LogP contribution in [0.15, 0.2) is 12.2 Å². The van der Waals surface area contributed by atoms with Crippen LogP contribution in [0.5, 0.6) is 0 Å². The molecule has 8 heteroatoms. The van der Waals surface area contributed by atoms with Crippen LogP contribution in [0.2, 0.25) is 0 Å². The summed E-state index contributed by atoms with van der Waals surface area (Å²) in [5, 5.41) is 0. The minimum Gasteiger partial charge on any atom is -0.756 e. The van der Waals surface area contributed by atoms with E-state index in [1.54, 1.807) is 0 Å². The van der Waals surface area contributed by atoms with E-state index in [2.05, 4.69) is 4.52 Å². The second-order valence-corrected chi connectivity index (χ2v) is 3.66. The molecule has 0 spiro atoms. The third-order valence-electron chi connectivity index (χ3n) is 1.47. The van der Waals surface area contributed by atoms with Gasteiger partial charge in [0.1, 0.15) is 0 Å². The molecule has 0 aromatic carbocycles. The molecule has 1 aliphatic rings. The van der Waals surface area contributed by atoms with Crippen LogP contribution in [-0.2, 0) is 18.7 Å². The summed E-state index contributed by atoms with van der Waals surface area (Å²) in [5.41, 5.74) is 0. The molecule has 1 heterocycles. The predicted octanol–water partition coefficient (Wildman–Crippen LogP) is -1.61. The number of amides is 2. The summed E-state index contributed by atoms with van der Waals surface area (Å²) in [4.78, 5) is 40.9. The zero-order valence-electron chi connectivity index (χ0n) is 6.95. The second kappa shape index (κ2) is 4.02. The Morgan fingerprint density at radius 1 is 1.43 bits per heavy atom. The van der Waals surface area contributed by atoms with Crippen molar-refractivity contribution in [1.82, 2.24) is 4.90 Å². The Bertz CT molecular complexity index is 313. The van der Waals surface area contributed by atoms with Crippen molar-refractivity contribution >= 4 is 19.6 Å². The molecule has 0 saturated heterocycles. The Kier molecular flexibility index (Phi) is 3.17. The third-order valence-corrected chi connectivity index (χ3v) is 1.98. The summed E-state index contributed by atoms with van der Waals surface area (Å²) < 4.78 is 14.1. The van der Waals surface area contributed by atoms with E-state index in [1.165, 1.54) is 0 Å². The summed E-state index contributed by atoms with van der Waals surface area (Å²) in [5.74, 6) is -1.06. The Morgan fingerprint density at radius 3 is 2.36 bits per heavy atom.